The van der Waals surface area contributed by atoms with E-state index in [1.807, 2.05) is 0 Å². The molecule has 1 saturated heterocycles. The number of halogens is 4. The number of sulfonamides is 1. The Morgan fingerprint density at radius 3 is 2.23 bits per heavy atom. The van der Waals surface area contributed by atoms with Crippen molar-refractivity contribution in [2.75, 3.05) is 26.2 Å². The minimum Gasteiger partial charge on any atom is -0.479 e. The number of rotatable bonds is 5. The maximum Gasteiger partial charge on any atom is 0.263 e. The van der Waals surface area contributed by atoms with E-state index >= 15 is 0 Å². The molecule has 2 aromatic carbocycles. The lowest BCUT2D eigenvalue weighted by molar-refractivity contribution is -0.139. The van der Waals surface area contributed by atoms with Crippen molar-refractivity contribution in [1.29, 1.82) is 0 Å². The molecule has 30 heavy (non-hydrogen) atoms. The van der Waals surface area contributed by atoms with Gasteiger partial charge in [-0.05, 0) is 37.3 Å². The van der Waals surface area contributed by atoms with Crippen LogP contribution in [-0.4, -0.2) is 55.8 Å². The minimum atomic E-state index is -4.37. The van der Waals surface area contributed by atoms with Gasteiger partial charge in [-0.15, -0.1) is 0 Å². The first-order valence-electron chi connectivity index (χ1n) is 8.96. The van der Waals surface area contributed by atoms with Crippen LogP contribution in [0.4, 0.5) is 8.78 Å². The van der Waals surface area contributed by atoms with E-state index in [2.05, 4.69) is 0 Å². The Kier molecular flexibility index (Phi) is 6.86. The molecule has 0 aliphatic carbocycles. The molecular formula is C19H18Cl2F2N2O4S. The van der Waals surface area contributed by atoms with Gasteiger partial charge in [0.05, 0.1) is 5.02 Å². The standard InChI is InChI=1S/C19H18Cl2F2N2O4S/c1-12(29-17-6-5-13(20)11-14(17)21)19(26)24-7-9-25(10-8-24)30(27,28)18-15(22)3-2-4-16(18)23/h2-6,11-12H,7-10H2,1H3/t12-/m1/s1. The molecule has 3 rings (SSSR count). The zero-order chi connectivity index (χ0) is 22.1. The van der Waals surface area contributed by atoms with Crippen molar-refractivity contribution in [2.24, 2.45) is 0 Å². The summed E-state index contributed by atoms with van der Waals surface area (Å²) in [4.78, 5) is 13.1. The van der Waals surface area contributed by atoms with Crippen molar-refractivity contribution in [3.05, 3.63) is 58.1 Å². The summed E-state index contributed by atoms with van der Waals surface area (Å²) in [5, 5.41) is 0.680. The van der Waals surface area contributed by atoms with Gasteiger partial charge in [-0.25, -0.2) is 17.2 Å². The molecule has 11 heteroatoms. The van der Waals surface area contributed by atoms with Gasteiger partial charge in [-0.3, -0.25) is 4.79 Å². The fourth-order valence-electron chi connectivity index (χ4n) is 3.08. The van der Waals surface area contributed by atoms with Crippen molar-refractivity contribution < 1.29 is 26.7 Å². The molecule has 6 nitrogen and oxygen atoms in total. The Morgan fingerprint density at radius 2 is 1.67 bits per heavy atom. The number of carbonyl (C=O) groups is 1. The van der Waals surface area contributed by atoms with E-state index < -0.39 is 32.7 Å². The molecule has 0 aromatic heterocycles. The van der Waals surface area contributed by atoms with Crippen molar-refractivity contribution in [3.63, 3.8) is 0 Å². The number of ether oxygens (including phenoxy) is 1. The van der Waals surface area contributed by atoms with Gasteiger partial charge in [-0.2, -0.15) is 4.31 Å². The first-order chi connectivity index (χ1) is 14.1. The van der Waals surface area contributed by atoms with Crippen LogP contribution in [-0.2, 0) is 14.8 Å². The van der Waals surface area contributed by atoms with Gasteiger partial charge in [0.1, 0.15) is 17.4 Å². The molecule has 1 heterocycles. The highest BCUT2D eigenvalue weighted by Crippen LogP contribution is 2.29. The van der Waals surface area contributed by atoms with Gasteiger partial charge in [0.15, 0.2) is 11.0 Å². The largest absolute Gasteiger partial charge is 0.479 e. The van der Waals surface area contributed by atoms with Crippen LogP contribution >= 0.6 is 23.2 Å². The monoisotopic (exact) mass is 478 g/mol. The van der Waals surface area contributed by atoms with E-state index in [1.165, 1.54) is 11.0 Å². The Morgan fingerprint density at radius 1 is 1.07 bits per heavy atom. The van der Waals surface area contributed by atoms with Crippen molar-refractivity contribution in [2.45, 2.75) is 17.9 Å². The topological polar surface area (TPSA) is 66.9 Å². The molecule has 0 spiro atoms. The first kappa shape index (κ1) is 22.7. The van der Waals surface area contributed by atoms with Crippen LogP contribution in [0.2, 0.25) is 10.0 Å². The molecular weight excluding hydrogens is 461 g/mol. The fourth-order valence-corrected chi connectivity index (χ4v) is 5.06. The Labute approximate surface area is 183 Å². The molecule has 0 unspecified atom stereocenters. The second-order valence-corrected chi connectivity index (χ2v) is 9.33. The maximum atomic E-state index is 13.9. The van der Waals surface area contributed by atoms with Crippen LogP contribution in [0.5, 0.6) is 5.75 Å². The predicted molar refractivity (Wildman–Crippen MR) is 108 cm³/mol. The van der Waals surface area contributed by atoms with E-state index in [4.69, 9.17) is 27.9 Å². The van der Waals surface area contributed by atoms with Crippen LogP contribution in [0.25, 0.3) is 0 Å². The lowest BCUT2D eigenvalue weighted by Gasteiger charge is -2.35. The molecule has 1 aliphatic heterocycles. The molecule has 0 bridgehead atoms. The zero-order valence-electron chi connectivity index (χ0n) is 15.8. The Bertz CT molecular complexity index is 1040. The fraction of sp³-hybridized carbons (Fsp3) is 0.316. The molecule has 1 fully saturated rings. The van der Waals surface area contributed by atoms with Crippen LogP contribution in [0, 0.1) is 11.6 Å². The number of hydrogen-bond acceptors (Lipinski definition) is 4. The van der Waals surface area contributed by atoms with Crippen molar-refractivity contribution >= 4 is 39.1 Å². The molecule has 1 atom stereocenters. The highest BCUT2D eigenvalue weighted by atomic mass is 35.5. The molecule has 0 saturated carbocycles. The second-order valence-electron chi connectivity index (χ2n) is 6.61. The average molecular weight is 479 g/mol. The third kappa shape index (κ3) is 4.69. The number of hydrogen-bond donors (Lipinski definition) is 0. The van der Waals surface area contributed by atoms with E-state index in [1.54, 1.807) is 19.1 Å². The van der Waals surface area contributed by atoms with Gasteiger partial charge in [-0.1, -0.05) is 29.3 Å². The minimum absolute atomic E-state index is 0.0518. The van der Waals surface area contributed by atoms with Gasteiger partial charge < -0.3 is 9.64 Å². The van der Waals surface area contributed by atoms with Crippen molar-refractivity contribution in [3.8, 4) is 5.75 Å². The molecule has 1 aliphatic rings. The lowest BCUT2D eigenvalue weighted by Crippen LogP contribution is -2.53. The van der Waals surface area contributed by atoms with Gasteiger partial charge in [0, 0.05) is 31.2 Å². The molecule has 1 amide bonds. The smallest absolute Gasteiger partial charge is 0.263 e. The van der Waals surface area contributed by atoms with Crippen LogP contribution in [0.1, 0.15) is 6.92 Å². The van der Waals surface area contributed by atoms with Crippen molar-refractivity contribution in [1.82, 2.24) is 9.21 Å². The summed E-state index contributed by atoms with van der Waals surface area (Å²) in [5.74, 6) is -2.39. The number of benzene rings is 2. The lowest BCUT2D eigenvalue weighted by atomic mass is 10.2. The summed E-state index contributed by atoms with van der Waals surface area (Å²) in [5.41, 5.74) is 0. The Hall–Kier alpha value is -1.94. The summed E-state index contributed by atoms with van der Waals surface area (Å²) >= 11 is 11.9. The Balaban J connectivity index is 1.65. The molecule has 162 valence electrons. The van der Waals surface area contributed by atoms with Crippen LogP contribution in [0.3, 0.4) is 0 Å². The summed E-state index contributed by atoms with van der Waals surface area (Å²) < 4.78 is 59.7. The van der Waals surface area contributed by atoms with Gasteiger partial charge >= 0.3 is 0 Å². The summed E-state index contributed by atoms with van der Waals surface area (Å²) in [7, 11) is -4.37. The molecule has 2 aromatic rings. The third-order valence-corrected chi connectivity index (χ3v) is 7.09. The second kappa shape index (κ2) is 9.05. The highest BCUT2D eigenvalue weighted by molar-refractivity contribution is 7.89. The molecule has 0 N–H and O–H groups in total. The number of amides is 1. The first-order valence-corrected chi connectivity index (χ1v) is 11.2. The zero-order valence-corrected chi connectivity index (χ0v) is 18.1. The number of carbonyl (C=O) groups excluding carboxylic acids is 1. The van der Waals surface area contributed by atoms with E-state index in [9.17, 15) is 22.0 Å². The summed E-state index contributed by atoms with van der Waals surface area (Å²) in [6, 6.07) is 7.47. The summed E-state index contributed by atoms with van der Waals surface area (Å²) in [6.07, 6.45) is -0.879. The average Bonchev–Trinajstić information content (AvgIpc) is 2.69. The normalized spacial score (nSPS) is 16.4. The van der Waals surface area contributed by atoms with E-state index in [-0.39, 0.29) is 42.9 Å². The van der Waals surface area contributed by atoms with Crippen LogP contribution < -0.4 is 4.74 Å². The maximum absolute atomic E-state index is 13.9. The molecule has 0 radical (unpaired) electrons. The SMILES string of the molecule is C[C@@H](Oc1ccc(Cl)cc1Cl)C(=O)N1CCN(S(=O)(=O)c2c(F)cccc2F)CC1. The third-order valence-electron chi connectivity index (χ3n) is 4.61. The summed E-state index contributed by atoms with van der Waals surface area (Å²) in [6.45, 7) is 1.45. The van der Waals surface area contributed by atoms with E-state index in [0.717, 1.165) is 22.5 Å². The highest BCUT2D eigenvalue weighted by Gasteiger charge is 2.35. The van der Waals surface area contributed by atoms with Crippen LogP contribution in [0.15, 0.2) is 41.3 Å². The van der Waals surface area contributed by atoms with E-state index in [0.29, 0.717) is 5.02 Å². The quantitative estimate of drug-likeness (QED) is 0.658. The number of piperazine rings is 1. The van der Waals surface area contributed by atoms with Gasteiger partial charge in [0.2, 0.25) is 10.0 Å². The predicted octanol–water partition coefficient (Wildman–Crippen LogP) is 3.57. The number of nitrogens with zero attached hydrogens (tertiary/aromatic N) is 2. The van der Waals surface area contributed by atoms with Gasteiger partial charge in [0.25, 0.3) is 5.91 Å².